The van der Waals surface area contributed by atoms with Gasteiger partial charge in [0.15, 0.2) is 12.2 Å². The van der Waals surface area contributed by atoms with Crippen LogP contribution in [0.5, 0.6) is 5.75 Å². The van der Waals surface area contributed by atoms with Crippen LogP contribution in [0.15, 0.2) is 55.1 Å². The summed E-state index contributed by atoms with van der Waals surface area (Å²) in [6.07, 6.45) is 8.37. The van der Waals surface area contributed by atoms with E-state index < -0.39 is 41.4 Å². The van der Waals surface area contributed by atoms with E-state index in [0.717, 1.165) is 69.3 Å². The smallest absolute Gasteiger partial charge is 0.345 e. The van der Waals surface area contributed by atoms with E-state index in [0.29, 0.717) is 29.3 Å². The van der Waals surface area contributed by atoms with Gasteiger partial charge >= 0.3 is 11.9 Å². The summed E-state index contributed by atoms with van der Waals surface area (Å²) in [6.45, 7) is 26.6. The SMILES string of the molecule is C=C(c1ccccc1N(CC)CCCCC(C)CC(C)(C)CCCCCNc1cccc(OC(C(=O)O)C(C)C)c1/C(=C/C)C(=O)C(N)=O)C(C)(O)COC.CN.COC(C(=O)O)C(C)C. The van der Waals surface area contributed by atoms with Crippen LogP contribution in [0.1, 0.15) is 132 Å². The van der Waals surface area contributed by atoms with Gasteiger partial charge in [0.1, 0.15) is 11.4 Å². The number of hydrogen-bond acceptors (Lipinski definition) is 11. The van der Waals surface area contributed by atoms with Crippen molar-refractivity contribution in [1.82, 2.24) is 0 Å². The number of ketones is 1. The predicted molar refractivity (Wildman–Crippen MR) is 269 cm³/mol. The number of carbonyl (C=O) groups is 4. The molecule has 2 rings (SSSR count). The number of nitrogens with two attached hydrogens (primary N) is 2. The summed E-state index contributed by atoms with van der Waals surface area (Å²) in [4.78, 5) is 49.2. The lowest BCUT2D eigenvalue weighted by atomic mass is 9.78. The Balaban J connectivity index is 0.00000341. The second kappa shape index (κ2) is 31.3. The minimum Gasteiger partial charge on any atom is -0.479 e. The molecule has 374 valence electrons. The van der Waals surface area contributed by atoms with Gasteiger partial charge in [0.05, 0.1) is 12.2 Å². The monoisotopic (exact) mass is 927 g/mol. The van der Waals surface area contributed by atoms with Crippen LogP contribution in [0.25, 0.3) is 11.1 Å². The first-order valence-electron chi connectivity index (χ1n) is 23.3. The number of nitrogens with one attached hydrogen (secondary N) is 1. The van der Waals surface area contributed by atoms with Crippen molar-refractivity contribution in [3.05, 3.63) is 66.2 Å². The molecule has 1 amide bonds. The molecule has 14 nitrogen and oxygen atoms in total. The molecule has 0 aliphatic carbocycles. The molecule has 0 aliphatic rings. The highest BCUT2D eigenvalue weighted by atomic mass is 16.5. The Bertz CT molecular complexity index is 1820. The summed E-state index contributed by atoms with van der Waals surface area (Å²) in [6, 6.07) is 13.3. The van der Waals surface area contributed by atoms with E-state index in [4.69, 9.17) is 20.3 Å². The van der Waals surface area contributed by atoms with Crippen LogP contribution in [-0.2, 0) is 28.7 Å². The number of carboxylic acid groups (broad SMARTS) is 2. The number of hydrogen-bond donors (Lipinski definition) is 6. The van der Waals surface area contributed by atoms with E-state index in [1.807, 2.05) is 32.0 Å². The molecule has 0 radical (unpaired) electrons. The highest BCUT2D eigenvalue weighted by Crippen LogP contribution is 2.37. The number of nitrogens with zero attached hydrogens (tertiary/aromatic N) is 1. The molecule has 4 atom stereocenters. The van der Waals surface area contributed by atoms with Crippen LogP contribution < -0.4 is 26.4 Å². The normalized spacial score (nSPS) is 13.8. The van der Waals surface area contributed by atoms with E-state index in [1.54, 1.807) is 53.0 Å². The Morgan fingerprint density at radius 2 is 1.47 bits per heavy atom. The highest BCUT2D eigenvalue weighted by Gasteiger charge is 2.30. The molecule has 4 unspecified atom stereocenters. The van der Waals surface area contributed by atoms with Crippen LogP contribution in [0, 0.1) is 23.2 Å². The summed E-state index contributed by atoms with van der Waals surface area (Å²) in [5, 5.41) is 32.5. The van der Waals surface area contributed by atoms with Crippen molar-refractivity contribution < 1.29 is 48.7 Å². The van der Waals surface area contributed by atoms with Crippen molar-refractivity contribution >= 4 is 46.2 Å². The van der Waals surface area contributed by atoms with Gasteiger partial charge in [0, 0.05) is 62.3 Å². The number of Topliss-reactive ketones (excluding diaryl/α,β-unsaturated/α-hetero) is 1. The number of para-hydroxylation sites is 1. The zero-order valence-electron chi connectivity index (χ0n) is 42.5. The third-order valence-electron chi connectivity index (χ3n) is 11.4. The van der Waals surface area contributed by atoms with Crippen LogP contribution in [-0.4, -0.2) is 104 Å². The van der Waals surface area contributed by atoms with Gasteiger partial charge in [-0.2, -0.15) is 0 Å². The van der Waals surface area contributed by atoms with Gasteiger partial charge in [0.25, 0.3) is 5.91 Å². The largest absolute Gasteiger partial charge is 0.479 e. The maximum Gasteiger partial charge on any atom is 0.345 e. The van der Waals surface area contributed by atoms with Crippen molar-refractivity contribution in [3.8, 4) is 5.75 Å². The molecule has 0 heterocycles. The number of carbonyl (C=O) groups excluding carboxylic acids is 2. The van der Waals surface area contributed by atoms with E-state index in [1.165, 1.54) is 26.7 Å². The average Bonchev–Trinajstić information content (AvgIpc) is 3.25. The number of anilines is 2. The van der Waals surface area contributed by atoms with Gasteiger partial charge in [-0.05, 0) is 94.5 Å². The molecule has 2 aromatic carbocycles. The lowest BCUT2D eigenvalue weighted by Crippen LogP contribution is -2.33. The molecule has 0 saturated heterocycles. The van der Waals surface area contributed by atoms with Gasteiger partial charge in [-0.15, -0.1) is 0 Å². The van der Waals surface area contributed by atoms with Gasteiger partial charge in [0.2, 0.25) is 5.78 Å². The number of aliphatic carboxylic acids is 2. The Morgan fingerprint density at radius 1 is 0.864 bits per heavy atom. The van der Waals surface area contributed by atoms with Crippen molar-refractivity contribution in [1.29, 1.82) is 0 Å². The Labute approximate surface area is 396 Å². The van der Waals surface area contributed by atoms with Crippen LogP contribution >= 0.6 is 0 Å². The zero-order valence-corrected chi connectivity index (χ0v) is 42.5. The molecule has 8 N–H and O–H groups in total. The molecular weight excluding hydrogens is 841 g/mol. The lowest BCUT2D eigenvalue weighted by Gasteiger charge is -2.31. The maximum absolute atomic E-state index is 12.8. The summed E-state index contributed by atoms with van der Waals surface area (Å²) in [5.41, 5.74) is 12.6. The molecular formula is C52H86N4O10. The van der Waals surface area contributed by atoms with Gasteiger partial charge in [-0.1, -0.05) is 111 Å². The molecule has 0 aliphatic heterocycles. The Kier molecular flexibility index (Phi) is 29.0. The molecule has 2 aromatic rings. The highest BCUT2D eigenvalue weighted by molar-refractivity contribution is 6.53. The predicted octanol–water partition coefficient (Wildman–Crippen LogP) is 9.08. The average molecular weight is 927 g/mol. The number of methoxy groups -OCH3 is 2. The number of amides is 1. The van der Waals surface area contributed by atoms with E-state index in [9.17, 15) is 29.4 Å². The fourth-order valence-electron chi connectivity index (χ4n) is 8.03. The quantitative estimate of drug-likeness (QED) is 0.0245. The number of allylic oxidation sites excluding steroid dienone is 1. The first kappa shape index (κ1) is 61.2. The number of rotatable bonds is 30. The first-order chi connectivity index (χ1) is 31.0. The van der Waals surface area contributed by atoms with Gasteiger partial charge in [-0.3, -0.25) is 9.59 Å². The molecule has 0 bridgehead atoms. The zero-order chi connectivity index (χ0) is 50.8. The third-order valence-corrected chi connectivity index (χ3v) is 11.4. The summed E-state index contributed by atoms with van der Waals surface area (Å²) >= 11 is 0. The second-order valence-electron chi connectivity index (χ2n) is 18.4. The number of ether oxygens (including phenoxy) is 3. The van der Waals surface area contributed by atoms with Crippen molar-refractivity contribution in [3.63, 3.8) is 0 Å². The Hall–Kier alpha value is -4.76. The first-order valence-corrected chi connectivity index (χ1v) is 23.3. The van der Waals surface area contributed by atoms with Crippen molar-refractivity contribution in [2.75, 3.05) is 57.7 Å². The van der Waals surface area contributed by atoms with Crippen molar-refractivity contribution in [2.24, 2.45) is 34.6 Å². The molecule has 14 heteroatoms. The lowest BCUT2D eigenvalue weighted by molar-refractivity contribution is -0.151. The van der Waals surface area contributed by atoms with Crippen LogP contribution in [0.4, 0.5) is 11.4 Å². The van der Waals surface area contributed by atoms with Gasteiger partial charge in [-0.25, -0.2) is 9.59 Å². The maximum atomic E-state index is 12.8. The molecule has 66 heavy (non-hydrogen) atoms. The number of unbranched alkanes of at least 4 members (excludes halogenated alkanes) is 3. The standard InChI is InChI=1S/C45H69N3O7.C6H12O3.CH5N/c1-11-34(40(49)42(46)50)39-36(23-20-25-38(39)55-41(31(3)4)43(51)52)47-27-18-13-17-26-44(7,8)29-32(5)21-16-19-28-48(12-2)37-24-15-14-22-35(37)33(6)45(9,53)30-54-10;1-4(2)5(9-3)6(7)8;1-2/h11,14-15,20,22-25,31-32,41,47,53H,6,12-13,16-19,21,26-30H2,1-5,7-10H3,(H2,46,50)(H,51,52);4-5H,1-3H3,(H,7,8);2H2,1H3/b34-11-;;. The summed E-state index contributed by atoms with van der Waals surface area (Å²) in [7, 11) is 4.49. The summed E-state index contributed by atoms with van der Waals surface area (Å²) < 4.78 is 15.8. The summed E-state index contributed by atoms with van der Waals surface area (Å²) in [5.74, 6) is -3.46. The molecule has 0 saturated carbocycles. The number of carboxylic acids is 2. The van der Waals surface area contributed by atoms with Crippen LogP contribution in [0.3, 0.4) is 0 Å². The topological polar surface area (TPSA) is 224 Å². The number of aliphatic hydroxyl groups is 1. The molecule has 0 fully saturated rings. The minimum atomic E-state index is -1.15. The molecule has 0 spiro atoms. The fourth-order valence-corrected chi connectivity index (χ4v) is 8.03. The Morgan fingerprint density at radius 3 is 1.97 bits per heavy atom. The van der Waals surface area contributed by atoms with Crippen LogP contribution in [0.2, 0.25) is 0 Å². The fraction of sp³-hybridized carbons (Fsp3) is 0.615. The van der Waals surface area contributed by atoms with E-state index in [2.05, 4.69) is 61.0 Å². The van der Waals surface area contributed by atoms with Gasteiger partial charge < -0.3 is 51.2 Å². The number of primary amides is 1. The van der Waals surface area contributed by atoms with E-state index in [-0.39, 0.29) is 35.2 Å². The van der Waals surface area contributed by atoms with Crippen molar-refractivity contribution in [2.45, 2.75) is 138 Å². The second-order valence-corrected chi connectivity index (χ2v) is 18.4. The number of benzene rings is 2. The van der Waals surface area contributed by atoms with E-state index >= 15 is 0 Å². The third kappa shape index (κ3) is 20.8. The molecule has 0 aromatic heterocycles. The minimum absolute atomic E-state index is 0.0347.